The Labute approximate surface area is 209 Å². The second kappa shape index (κ2) is 10.2. The lowest BCUT2D eigenvalue weighted by atomic mass is 10.0. The first-order valence-corrected chi connectivity index (χ1v) is 13.5. The van der Waals surface area contributed by atoms with Gasteiger partial charge in [-0.15, -0.1) is 11.3 Å². The molecular weight excluding hydrogens is 516 g/mol. The molecule has 2 aliphatic rings. The summed E-state index contributed by atoms with van der Waals surface area (Å²) in [5.41, 5.74) is -3.56. The van der Waals surface area contributed by atoms with E-state index in [1.165, 1.54) is 24.3 Å². The summed E-state index contributed by atoms with van der Waals surface area (Å²) in [6, 6.07) is 5.86. The maximum atomic E-state index is 13.2. The Hall–Kier alpha value is -2.91. The van der Waals surface area contributed by atoms with Gasteiger partial charge in [0.05, 0.1) is 16.2 Å². The molecule has 0 bridgehead atoms. The average Bonchev–Trinajstić information content (AvgIpc) is 3.62. The Bertz CT molecular complexity index is 1230. The topological polar surface area (TPSA) is 189 Å². The number of anilines is 1. The van der Waals surface area contributed by atoms with Gasteiger partial charge in [-0.1, -0.05) is 12.1 Å². The van der Waals surface area contributed by atoms with Crippen LogP contribution in [0.4, 0.5) is 5.13 Å². The number of carbonyl (C=O) groups excluding carboxylic acids is 1. The number of carboxylic acids is 2. The van der Waals surface area contributed by atoms with Gasteiger partial charge in [-0.2, -0.15) is 0 Å². The monoisotopic (exact) mass is 540 g/mol. The molecular formula is C22H24N2O10S2. The van der Waals surface area contributed by atoms with Gasteiger partial charge in [0.1, 0.15) is 5.69 Å². The number of sulfone groups is 1. The van der Waals surface area contributed by atoms with Crippen LogP contribution >= 0.6 is 11.3 Å². The Balaban J connectivity index is 1.57. The van der Waals surface area contributed by atoms with E-state index >= 15 is 0 Å². The first-order chi connectivity index (χ1) is 17.0. The highest BCUT2D eigenvalue weighted by atomic mass is 32.2. The molecule has 2 aromatic rings. The highest BCUT2D eigenvalue weighted by molar-refractivity contribution is 7.92. The third-order valence-corrected chi connectivity index (χ3v) is 8.97. The number of amides is 1. The molecule has 14 heteroatoms. The number of benzene rings is 1. The van der Waals surface area contributed by atoms with E-state index in [4.69, 9.17) is 19.7 Å². The van der Waals surface area contributed by atoms with Crippen LogP contribution in [-0.2, 0) is 39.3 Å². The number of aliphatic carboxylic acids is 2. The van der Waals surface area contributed by atoms with Gasteiger partial charge in [0, 0.05) is 18.6 Å². The number of ether oxygens (including phenoxy) is 2. The molecule has 1 saturated carbocycles. The summed E-state index contributed by atoms with van der Waals surface area (Å²) in [5, 5.41) is 31.3. The molecule has 2 heterocycles. The van der Waals surface area contributed by atoms with Crippen LogP contribution in [-0.4, -0.2) is 71.1 Å². The Kier molecular flexibility index (Phi) is 7.43. The number of carboxylic acid groups (broad SMARTS) is 2. The summed E-state index contributed by atoms with van der Waals surface area (Å²) < 4.78 is 36.4. The molecule has 36 heavy (non-hydrogen) atoms. The molecule has 4 rings (SSSR count). The number of nitrogens with zero attached hydrogens (tertiary/aromatic N) is 1. The van der Waals surface area contributed by atoms with Crippen molar-refractivity contribution in [3.05, 3.63) is 40.9 Å². The largest absolute Gasteiger partial charge is 0.478 e. The predicted octanol–water partition coefficient (Wildman–Crippen LogP) is 1.31. The number of thiazole rings is 1. The zero-order chi connectivity index (χ0) is 26.1. The van der Waals surface area contributed by atoms with E-state index in [1.54, 1.807) is 0 Å². The maximum absolute atomic E-state index is 13.2. The smallest absolute Gasteiger partial charge is 0.354 e. The lowest BCUT2D eigenvalue weighted by Gasteiger charge is -2.27. The summed E-state index contributed by atoms with van der Waals surface area (Å²) in [4.78, 5) is 39.8. The van der Waals surface area contributed by atoms with Crippen molar-refractivity contribution in [1.29, 1.82) is 0 Å². The summed E-state index contributed by atoms with van der Waals surface area (Å²) in [6.45, 7) is 0.909. The average molecular weight is 541 g/mol. The second-order valence-electron chi connectivity index (χ2n) is 8.49. The van der Waals surface area contributed by atoms with Crippen molar-refractivity contribution in [2.24, 2.45) is 0 Å². The van der Waals surface area contributed by atoms with Crippen LogP contribution in [0.15, 0.2) is 34.5 Å². The van der Waals surface area contributed by atoms with E-state index in [2.05, 4.69) is 10.3 Å². The van der Waals surface area contributed by atoms with Gasteiger partial charge >= 0.3 is 17.5 Å². The summed E-state index contributed by atoms with van der Waals surface area (Å²) in [5.74, 6) is -4.74. The van der Waals surface area contributed by atoms with Crippen molar-refractivity contribution >= 4 is 44.2 Å². The number of hydrogen-bond acceptors (Lipinski definition) is 10. The van der Waals surface area contributed by atoms with E-state index in [-0.39, 0.29) is 21.4 Å². The van der Waals surface area contributed by atoms with Gasteiger partial charge in [0.2, 0.25) is 0 Å². The van der Waals surface area contributed by atoms with Crippen molar-refractivity contribution < 1.29 is 47.6 Å². The van der Waals surface area contributed by atoms with Crippen molar-refractivity contribution in [1.82, 2.24) is 4.98 Å². The van der Waals surface area contributed by atoms with Gasteiger partial charge in [0.25, 0.3) is 5.91 Å². The number of aliphatic hydroxyl groups is 1. The predicted molar refractivity (Wildman–Crippen MR) is 124 cm³/mol. The lowest BCUT2D eigenvalue weighted by molar-refractivity contribution is -0.177. The van der Waals surface area contributed by atoms with Crippen LogP contribution in [0.25, 0.3) is 0 Å². The van der Waals surface area contributed by atoms with E-state index in [0.29, 0.717) is 44.5 Å². The van der Waals surface area contributed by atoms with E-state index < -0.39 is 45.1 Å². The SMILES string of the molecule is O=C(Nc1nc(C(O)(C(=O)O)C(=O)O)cs1)C(OC1CCOCC1)c1ccc(S(=O)(=O)C2CC2)cc1. The number of hydrogen-bond donors (Lipinski definition) is 4. The summed E-state index contributed by atoms with van der Waals surface area (Å²) >= 11 is 0.730. The fourth-order valence-corrected chi connectivity index (χ4v) is 6.09. The van der Waals surface area contributed by atoms with Crippen molar-refractivity contribution in [3.63, 3.8) is 0 Å². The van der Waals surface area contributed by atoms with E-state index in [9.17, 15) is 27.9 Å². The summed E-state index contributed by atoms with van der Waals surface area (Å²) in [6.07, 6.45) is 0.858. The third-order valence-electron chi connectivity index (χ3n) is 5.93. The summed E-state index contributed by atoms with van der Waals surface area (Å²) in [7, 11) is -3.42. The molecule has 1 aromatic carbocycles. The Morgan fingerprint density at radius 2 is 1.69 bits per heavy atom. The van der Waals surface area contributed by atoms with Crippen LogP contribution in [0.3, 0.4) is 0 Å². The molecule has 194 valence electrons. The molecule has 4 N–H and O–H groups in total. The molecule has 1 saturated heterocycles. The van der Waals surface area contributed by atoms with Gasteiger partial charge in [0.15, 0.2) is 21.1 Å². The normalized spacial score (nSPS) is 17.9. The number of aromatic nitrogens is 1. The molecule has 1 aromatic heterocycles. The first kappa shape index (κ1) is 26.2. The molecule has 1 unspecified atom stereocenters. The zero-order valence-electron chi connectivity index (χ0n) is 18.8. The maximum Gasteiger partial charge on any atom is 0.354 e. The fourth-order valence-electron chi connectivity index (χ4n) is 3.68. The molecule has 1 atom stereocenters. The van der Waals surface area contributed by atoms with Crippen molar-refractivity contribution in [3.8, 4) is 0 Å². The van der Waals surface area contributed by atoms with Gasteiger partial charge < -0.3 is 24.8 Å². The van der Waals surface area contributed by atoms with Crippen molar-refractivity contribution in [2.45, 2.75) is 53.6 Å². The Morgan fingerprint density at radius 3 is 2.25 bits per heavy atom. The quantitative estimate of drug-likeness (QED) is 0.318. The van der Waals surface area contributed by atoms with Crippen LogP contribution in [0.1, 0.15) is 43.0 Å². The third kappa shape index (κ3) is 5.27. The minimum atomic E-state index is -3.42. The van der Waals surface area contributed by atoms with E-state index in [1.807, 2.05) is 0 Å². The van der Waals surface area contributed by atoms with Crippen LogP contribution < -0.4 is 5.32 Å². The van der Waals surface area contributed by atoms with Gasteiger partial charge in [-0.25, -0.2) is 23.0 Å². The molecule has 0 spiro atoms. The standard InChI is InChI=1S/C22H24N2O10S2/c25-18(24-21-23-16(11-35-21)22(30,19(26)27)20(28)29)17(34-13-7-9-33-10-8-13)12-1-3-14(4-2-12)36(31,32)15-5-6-15/h1-4,11,13,15,17,30H,5-10H2,(H,26,27)(H,28,29)(H,23,24,25). The molecule has 12 nitrogen and oxygen atoms in total. The minimum Gasteiger partial charge on any atom is -0.478 e. The number of nitrogens with one attached hydrogen (secondary N) is 1. The molecule has 1 aliphatic heterocycles. The molecule has 0 radical (unpaired) electrons. The van der Waals surface area contributed by atoms with E-state index in [0.717, 1.165) is 16.7 Å². The fraction of sp³-hybridized carbons (Fsp3) is 0.455. The minimum absolute atomic E-state index is 0.149. The second-order valence-corrected chi connectivity index (χ2v) is 11.6. The molecule has 2 fully saturated rings. The van der Waals surface area contributed by atoms with Crippen LogP contribution in [0, 0.1) is 0 Å². The zero-order valence-corrected chi connectivity index (χ0v) is 20.5. The molecule has 1 amide bonds. The highest BCUT2D eigenvalue weighted by Crippen LogP contribution is 2.34. The van der Waals surface area contributed by atoms with Crippen LogP contribution in [0.5, 0.6) is 0 Å². The van der Waals surface area contributed by atoms with Crippen molar-refractivity contribution in [2.75, 3.05) is 18.5 Å². The lowest BCUT2D eigenvalue weighted by Crippen LogP contribution is -2.44. The molecule has 1 aliphatic carbocycles. The Morgan fingerprint density at radius 1 is 1.08 bits per heavy atom. The number of carbonyl (C=O) groups is 3. The number of rotatable bonds is 10. The van der Waals surface area contributed by atoms with Gasteiger partial charge in [-0.05, 0) is 43.4 Å². The first-order valence-electron chi connectivity index (χ1n) is 11.1. The van der Waals surface area contributed by atoms with Crippen LogP contribution in [0.2, 0.25) is 0 Å². The van der Waals surface area contributed by atoms with Gasteiger partial charge in [-0.3, -0.25) is 10.1 Å². The highest BCUT2D eigenvalue weighted by Gasteiger charge is 2.49.